The van der Waals surface area contributed by atoms with Gasteiger partial charge in [-0.05, 0) is 147 Å². The Labute approximate surface area is 321 Å². The Morgan fingerprint density at radius 3 is 0.654 bits per heavy atom. The molecule has 0 amide bonds. The van der Waals surface area contributed by atoms with Gasteiger partial charge >= 0.3 is 0 Å². The molecule has 52 heavy (non-hydrogen) atoms. The van der Waals surface area contributed by atoms with Crippen molar-refractivity contribution in [3.05, 3.63) is 68.8 Å². The highest BCUT2D eigenvalue weighted by atomic mass is 32.2. The van der Waals surface area contributed by atoms with E-state index in [1.54, 1.807) is 0 Å². The highest BCUT2D eigenvalue weighted by molar-refractivity contribution is 8.13. The maximum Gasteiger partial charge on any atom is 0.300 e. The Morgan fingerprint density at radius 1 is 0.442 bits per heavy atom. The number of nitrogens with two attached hydrogens (primary N) is 8. The molecule has 16 N–H and O–H groups in total. The number of benzene rings is 2. The van der Waals surface area contributed by atoms with E-state index in [2.05, 4.69) is 52.0 Å². The second-order valence-electron chi connectivity index (χ2n) is 10.1. The van der Waals surface area contributed by atoms with Gasteiger partial charge in [-0.1, -0.05) is 24.3 Å². The lowest BCUT2D eigenvalue weighted by molar-refractivity contribution is -0.303. The lowest BCUT2D eigenvalue weighted by Crippen LogP contribution is -2.43. The first-order valence-electron chi connectivity index (χ1n) is 14.6. The van der Waals surface area contributed by atoms with Crippen molar-refractivity contribution in [3.8, 4) is 0 Å². The van der Waals surface area contributed by atoms with Gasteiger partial charge in [0, 0.05) is 46.9 Å². The van der Waals surface area contributed by atoms with Crippen molar-refractivity contribution in [3.63, 3.8) is 0 Å². The third kappa shape index (κ3) is 40.0. The summed E-state index contributed by atoms with van der Waals surface area (Å²) in [6, 6.07) is 8.70. The zero-order valence-corrected chi connectivity index (χ0v) is 33.9. The van der Waals surface area contributed by atoms with Gasteiger partial charge in [0.15, 0.2) is 0 Å². The van der Waals surface area contributed by atoms with E-state index < -0.39 is 23.9 Å². The van der Waals surface area contributed by atoms with E-state index in [1.165, 1.54) is 91.6 Å². The van der Waals surface area contributed by atoms with Crippen molar-refractivity contribution in [2.24, 2.45) is 22.9 Å². The van der Waals surface area contributed by atoms with E-state index in [4.69, 9.17) is 84.2 Å². The Bertz CT molecular complexity index is 1290. The number of carbonyl (C=O) groups is 4. The molecular formula is C32H52N8O8S4. The molecule has 292 valence electrons. The topological polar surface area (TPSA) is 367 Å². The number of aliphatic carboxylic acids is 4. The fourth-order valence-corrected chi connectivity index (χ4v) is 5.67. The average Bonchev–Trinajstić information content (AvgIpc) is 2.95. The van der Waals surface area contributed by atoms with Gasteiger partial charge in [-0.3, -0.25) is 44.6 Å². The Balaban J connectivity index is -0.000000314. The number of aryl methyl sites for hydroxylation is 4. The first kappa shape index (κ1) is 54.4. The summed E-state index contributed by atoms with van der Waals surface area (Å²) in [5.74, 6) is -1.14. The fraction of sp³-hybridized carbons (Fsp3) is 0.375. The van der Waals surface area contributed by atoms with Crippen LogP contribution in [0.2, 0.25) is 0 Å². The van der Waals surface area contributed by atoms with E-state index in [1.807, 2.05) is 0 Å². The van der Waals surface area contributed by atoms with Gasteiger partial charge in [0.2, 0.25) is 0 Å². The molecule has 0 atom stereocenters. The molecular weight excluding hydrogens is 753 g/mol. The van der Waals surface area contributed by atoms with Crippen molar-refractivity contribution in [2.45, 2.75) is 78.4 Å². The minimum absolute atomic E-state index is 0.400. The molecule has 16 nitrogen and oxygen atoms in total. The number of carboxylic acids is 4. The number of hydrogen-bond donors (Lipinski definition) is 8. The maximum absolute atomic E-state index is 8.89. The number of carbonyl (C=O) groups excluding carboxylic acids is 4. The average molecular weight is 805 g/mol. The van der Waals surface area contributed by atoms with E-state index in [0.717, 1.165) is 50.7 Å². The number of hydrogen-bond acceptors (Lipinski definition) is 12. The Hall–Kier alpha value is -4.40. The second kappa shape index (κ2) is 31.3. The molecule has 0 bridgehead atoms. The van der Waals surface area contributed by atoms with Gasteiger partial charge in [0.1, 0.15) is 0 Å². The van der Waals surface area contributed by atoms with E-state index in [0.29, 0.717) is 20.7 Å². The third-order valence-electron chi connectivity index (χ3n) is 5.17. The third-order valence-corrected chi connectivity index (χ3v) is 8.32. The molecule has 0 spiro atoms. The number of thioether (sulfide) groups is 4. The van der Waals surface area contributed by atoms with Gasteiger partial charge in [0.25, 0.3) is 20.7 Å². The number of amidine groups is 4. The maximum atomic E-state index is 8.89. The van der Waals surface area contributed by atoms with E-state index in [-0.39, 0.29) is 0 Å². The zero-order valence-electron chi connectivity index (χ0n) is 30.7. The summed E-state index contributed by atoms with van der Waals surface area (Å²) in [7, 11) is 0. The Kier molecular flexibility index (Phi) is 32.8. The van der Waals surface area contributed by atoms with Crippen LogP contribution in [0, 0.1) is 27.7 Å². The monoisotopic (exact) mass is 804 g/mol. The van der Waals surface area contributed by atoms with Crippen LogP contribution in [0.4, 0.5) is 0 Å². The second-order valence-corrected chi connectivity index (χ2v) is 14.3. The van der Waals surface area contributed by atoms with Crippen LogP contribution < -0.4 is 65.0 Å². The van der Waals surface area contributed by atoms with Crippen molar-refractivity contribution >= 4 is 91.6 Å². The predicted octanol–water partition coefficient (Wildman–Crippen LogP) is -7.14. The lowest BCUT2D eigenvalue weighted by Gasteiger charge is -2.10. The molecule has 0 aromatic heterocycles. The largest absolute Gasteiger partial charge is 0.550 e. The highest BCUT2D eigenvalue weighted by Gasteiger charge is 2.10. The summed E-state index contributed by atoms with van der Waals surface area (Å²) >= 11 is 5.82. The number of rotatable bonds is 8. The van der Waals surface area contributed by atoms with Crippen LogP contribution in [0.3, 0.4) is 0 Å². The predicted molar refractivity (Wildman–Crippen MR) is 204 cm³/mol. The Morgan fingerprint density at radius 2 is 0.558 bits per heavy atom. The van der Waals surface area contributed by atoms with Crippen LogP contribution in [0.1, 0.15) is 72.2 Å². The molecule has 20 heteroatoms. The molecule has 0 aliphatic rings. The molecule has 0 saturated heterocycles. The molecule has 2 aromatic carbocycles. The molecule has 0 heterocycles. The smallest absolute Gasteiger partial charge is 0.300 e. The molecule has 0 unspecified atom stereocenters. The van der Waals surface area contributed by atoms with Gasteiger partial charge in [-0.2, -0.15) is 0 Å². The first-order chi connectivity index (χ1) is 23.7. The van der Waals surface area contributed by atoms with Gasteiger partial charge in [0.05, 0.1) is 0 Å². The molecule has 0 radical (unpaired) electrons. The SMILES string of the molecule is CC(=O)[O-].CC(=O)[O-].CC(=O)[O-].CC(=O)[O-].Cc1cc(CSC(N)=[NH2+])c(C)cc1CSC(N)=[NH2+].Cc1cc(CSC(N)=[NH2+])c(C)cc1CSC(N)=[NH2+]. The van der Waals surface area contributed by atoms with Crippen LogP contribution in [-0.2, 0) is 42.2 Å². The lowest BCUT2D eigenvalue weighted by atomic mass is 10.0. The van der Waals surface area contributed by atoms with Crippen LogP contribution in [0.15, 0.2) is 24.3 Å². The van der Waals surface area contributed by atoms with Gasteiger partial charge < -0.3 is 39.6 Å². The van der Waals surface area contributed by atoms with Crippen LogP contribution in [0.5, 0.6) is 0 Å². The highest BCUT2D eigenvalue weighted by Crippen LogP contribution is 2.24. The molecule has 0 fully saturated rings. The fourth-order valence-electron chi connectivity index (χ4n) is 3.14. The van der Waals surface area contributed by atoms with Gasteiger partial charge in [-0.15, -0.1) is 0 Å². The summed E-state index contributed by atoms with van der Waals surface area (Å²) in [4.78, 5) is 35.6. The molecule has 2 aromatic rings. The summed E-state index contributed by atoms with van der Waals surface area (Å²) in [5, 5.41) is 59.0. The number of carboxylic acid groups (broad SMARTS) is 4. The minimum Gasteiger partial charge on any atom is -0.550 e. The van der Waals surface area contributed by atoms with Crippen LogP contribution in [0.25, 0.3) is 0 Å². The summed E-state index contributed by atoms with van der Waals surface area (Å²) < 4.78 is 0. The van der Waals surface area contributed by atoms with Crippen LogP contribution in [-0.4, -0.2) is 44.5 Å². The van der Waals surface area contributed by atoms with Crippen molar-refractivity contribution in [1.29, 1.82) is 0 Å². The van der Waals surface area contributed by atoms with Crippen molar-refractivity contribution < 1.29 is 61.2 Å². The summed E-state index contributed by atoms with van der Waals surface area (Å²) in [5.41, 5.74) is 31.8. The molecule has 0 saturated carbocycles. The van der Waals surface area contributed by atoms with Crippen molar-refractivity contribution in [1.82, 2.24) is 0 Å². The standard InChI is InChI=1S/2C12H18N4S2.4C2H4O2/c2*1-7-3-10(6-18-12(15)16)8(2)4-9(7)5-17-11(13)14;4*1-2(3)4/h2*3-4H,5-6H2,1-2H3,(H3,13,14)(H3,15,16);4*1H3,(H,3,4). The van der Waals surface area contributed by atoms with E-state index in [9.17, 15) is 0 Å². The van der Waals surface area contributed by atoms with Gasteiger partial charge in [-0.25, -0.2) is 0 Å². The molecule has 2 rings (SSSR count). The van der Waals surface area contributed by atoms with E-state index >= 15 is 0 Å². The molecule has 0 aliphatic carbocycles. The van der Waals surface area contributed by atoms with Crippen LogP contribution >= 0.6 is 47.0 Å². The normalized spacial score (nSPS) is 9.08. The van der Waals surface area contributed by atoms with Crippen molar-refractivity contribution in [2.75, 3.05) is 0 Å². The summed E-state index contributed by atoms with van der Waals surface area (Å²) in [6.07, 6.45) is 0. The quantitative estimate of drug-likeness (QED) is 0.0908. The molecule has 0 aliphatic heterocycles. The minimum atomic E-state index is -1.08. The summed E-state index contributed by atoms with van der Waals surface area (Å²) in [6.45, 7) is 12.2. The first-order valence-corrected chi connectivity index (χ1v) is 18.6. The zero-order chi connectivity index (χ0) is 41.7.